The van der Waals surface area contributed by atoms with Crippen LogP contribution in [0.5, 0.6) is 5.75 Å². The van der Waals surface area contributed by atoms with Crippen molar-refractivity contribution in [3.63, 3.8) is 0 Å². The van der Waals surface area contributed by atoms with Crippen LogP contribution in [0.15, 0.2) is 24.3 Å². The summed E-state index contributed by atoms with van der Waals surface area (Å²) in [5, 5.41) is 9.07. The van der Waals surface area contributed by atoms with Gasteiger partial charge in [0.2, 0.25) is 11.8 Å². The fraction of sp³-hybridized carbons (Fsp3) is 0.438. The van der Waals surface area contributed by atoms with Gasteiger partial charge in [0.05, 0.1) is 25.5 Å². The van der Waals surface area contributed by atoms with Gasteiger partial charge in [0.15, 0.2) is 0 Å². The van der Waals surface area contributed by atoms with E-state index in [9.17, 15) is 14.4 Å². The summed E-state index contributed by atoms with van der Waals surface area (Å²) in [6, 6.07) is 7.18. The first-order chi connectivity index (χ1) is 11.0. The third-order valence-corrected chi connectivity index (χ3v) is 4.55. The zero-order chi connectivity index (χ0) is 16.6. The highest BCUT2D eigenvalue weighted by Crippen LogP contribution is 2.34. The molecule has 0 aliphatic carbocycles. The lowest BCUT2D eigenvalue weighted by atomic mass is 9.88. The number of amides is 3. The molecule has 0 unspecified atom stereocenters. The molecular formula is C16H18N2O5. The van der Waals surface area contributed by atoms with Crippen LogP contribution in [0.4, 0.5) is 4.79 Å². The largest absolute Gasteiger partial charge is 0.497 e. The standard InChI is InChI=1S/C16H18N2O5/c1-23-11-4-2-10(3-5-11)8-18-14(19)12-6-7-17(16(21)22)9-13(12)15(18)20/h2-5,12-13H,6-9H2,1H3,(H,21,22)/t12-,13+/m1/s1. The van der Waals surface area contributed by atoms with Crippen molar-refractivity contribution in [3.05, 3.63) is 29.8 Å². The van der Waals surface area contributed by atoms with Gasteiger partial charge in [-0.05, 0) is 24.1 Å². The van der Waals surface area contributed by atoms with Crippen LogP contribution < -0.4 is 4.74 Å². The van der Waals surface area contributed by atoms with Crippen molar-refractivity contribution in [2.75, 3.05) is 20.2 Å². The first kappa shape index (κ1) is 15.3. The van der Waals surface area contributed by atoms with Gasteiger partial charge in [-0.15, -0.1) is 0 Å². The molecule has 7 heteroatoms. The van der Waals surface area contributed by atoms with Crippen molar-refractivity contribution in [2.24, 2.45) is 11.8 Å². The molecule has 23 heavy (non-hydrogen) atoms. The van der Waals surface area contributed by atoms with Gasteiger partial charge in [-0.3, -0.25) is 14.5 Å². The summed E-state index contributed by atoms with van der Waals surface area (Å²) >= 11 is 0. The second kappa shape index (κ2) is 5.91. The monoisotopic (exact) mass is 318 g/mol. The molecule has 2 aliphatic heterocycles. The molecule has 1 aromatic rings. The molecule has 122 valence electrons. The third-order valence-electron chi connectivity index (χ3n) is 4.55. The smallest absolute Gasteiger partial charge is 0.407 e. The van der Waals surface area contributed by atoms with Gasteiger partial charge in [0, 0.05) is 13.1 Å². The van der Waals surface area contributed by atoms with Crippen LogP contribution in [-0.2, 0) is 16.1 Å². The number of carboxylic acid groups (broad SMARTS) is 1. The fourth-order valence-electron chi connectivity index (χ4n) is 3.25. The topological polar surface area (TPSA) is 87.2 Å². The molecule has 0 aromatic heterocycles. The van der Waals surface area contributed by atoms with Crippen LogP contribution in [-0.4, -0.2) is 53.0 Å². The Morgan fingerprint density at radius 2 is 1.87 bits per heavy atom. The number of likely N-dealkylation sites (tertiary alicyclic amines) is 2. The van der Waals surface area contributed by atoms with Crippen LogP contribution in [0.3, 0.4) is 0 Å². The molecule has 3 amide bonds. The fourth-order valence-corrected chi connectivity index (χ4v) is 3.25. The molecule has 0 spiro atoms. The zero-order valence-corrected chi connectivity index (χ0v) is 12.8. The van der Waals surface area contributed by atoms with Crippen LogP contribution in [0.1, 0.15) is 12.0 Å². The number of rotatable bonds is 3. The van der Waals surface area contributed by atoms with E-state index in [1.165, 1.54) is 9.80 Å². The summed E-state index contributed by atoms with van der Waals surface area (Å²) < 4.78 is 5.08. The van der Waals surface area contributed by atoms with Crippen molar-refractivity contribution >= 4 is 17.9 Å². The lowest BCUT2D eigenvalue weighted by Crippen LogP contribution is -2.44. The molecule has 2 saturated heterocycles. The number of benzene rings is 1. The maximum Gasteiger partial charge on any atom is 0.407 e. The first-order valence-corrected chi connectivity index (χ1v) is 7.47. The third kappa shape index (κ3) is 2.74. The highest BCUT2D eigenvalue weighted by atomic mass is 16.5. The molecule has 1 N–H and O–H groups in total. The highest BCUT2D eigenvalue weighted by Gasteiger charge is 2.50. The average Bonchev–Trinajstić information content (AvgIpc) is 2.80. The molecule has 0 radical (unpaired) electrons. The molecule has 2 heterocycles. The Morgan fingerprint density at radius 1 is 1.22 bits per heavy atom. The second-order valence-electron chi connectivity index (χ2n) is 5.84. The molecule has 2 atom stereocenters. The molecule has 1 aromatic carbocycles. The van der Waals surface area contributed by atoms with E-state index in [2.05, 4.69) is 0 Å². The predicted molar refractivity (Wildman–Crippen MR) is 79.7 cm³/mol. The van der Waals surface area contributed by atoms with Gasteiger partial charge in [-0.2, -0.15) is 0 Å². The minimum absolute atomic E-state index is 0.101. The van der Waals surface area contributed by atoms with Crippen LogP contribution in [0.25, 0.3) is 0 Å². The van der Waals surface area contributed by atoms with Gasteiger partial charge < -0.3 is 14.7 Å². The predicted octanol–water partition coefficient (Wildman–Crippen LogP) is 1.18. The molecule has 2 aliphatic rings. The Balaban J connectivity index is 1.74. The van der Waals surface area contributed by atoms with Crippen molar-refractivity contribution in [3.8, 4) is 5.75 Å². The normalized spacial score (nSPS) is 23.9. The average molecular weight is 318 g/mol. The quantitative estimate of drug-likeness (QED) is 0.846. The number of carbonyl (C=O) groups excluding carboxylic acids is 2. The summed E-state index contributed by atoms with van der Waals surface area (Å²) in [6.45, 7) is 0.608. The van der Waals surface area contributed by atoms with E-state index < -0.39 is 17.9 Å². The summed E-state index contributed by atoms with van der Waals surface area (Å²) in [7, 11) is 1.57. The number of hydrogen-bond donors (Lipinski definition) is 1. The Labute approximate surface area is 133 Å². The molecule has 3 rings (SSSR count). The molecule has 0 saturated carbocycles. The summed E-state index contributed by atoms with van der Waals surface area (Å²) in [4.78, 5) is 38.5. The second-order valence-corrected chi connectivity index (χ2v) is 5.84. The number of nitrogens with zero attached hydrogens (tertiary/aromatic N) is 2. The van der Waals surface area contributed by atoms with E-state index >= 15 is 0 Å². The van der Waals surface area contributed by atoms with E-state index in [4.69, 9.17) is 9.84 Å². The summed E-state index contributed by atoms with van der Waals surface area (Å²) in [6.07, 6.45) is -0.641. The van der Waals surface area contributed by atoms with E-state index in [1.54, 1.807) is 19.2 Å². The Kier molecular flexibility index (Phi) is 3.94. The number of carbonyl (C=O) groups is 3. The minimum atomic E-state index is -1.04. The Morgan fingerprint density at radius 3 is 2.48 bits per heavy atom. The molecule has 7 nitrogen and oxygen atoms in total. The van der Waals surface area contributed by atoms with Crippen molar-refractivity contribution in [2.45, 2.75) is 13.0 Å². The lowest BCUT2D eigenvalue weighted by Gasteiger charge is -2.30. The zero-order valence-electron chi connectivity index (χ0n) is 12.8. The van der Waals surface area contributed by atoms with Gasteiger partial charge in [0.1, 0.15) is 5.75 Å². The maximum atomic E-state index is 12.5. The first-order valence-electron chi connectivity index (χ1n) is 7.47. The number of fused-ring (bicyclic) bond motifs is 1. The lowest BCUT2D eigenvalue weighted by molar-refractivity contribution is -0.140. The van der Waals surface area contributed by atoms with Gasteiger partial charge >= 0.3 is 6.09 Å². The number of hydrogen-bond acceptors (Lipinski definition) is 4. The summed E-state index contributed by atoms with van der Waals surface area (Å²) in [5.74, 6) is -0.705. The number of imide groups is 1. The molecule has 0 bridgehead atoms. The summed E-state index contributed by atoms with van der Waals surface area (Å²) in [5.41, 5.74) is 0.834. The molecule has 2 fully saturated rings. The van der Waals surface area contributed by atoms with Gasteiger partial charge in [-0.1, -0.05) is 12.1 Å². The minimum Gasteiger partial charge on any atom is -0.497 e. The van der Waals surface area contributed by atoms with Gasteiger partial charge in [-0.25, -0.2) is 4.79 Å². The molecular weight excluding hydrogens is 300 g/mol. The van der Waals surface area contributed by atoms with Crippen LogP contribution in [0, 0.1) is 11.8 Å². The van der Waals surface area contributed by atoms with Gasteiger partial charge in [0.25, 0.3) is 0 Å². The number of methoxy groups -OCH3 is 1. The highest BCUT2D eigenvalue weighted by molar-refractivity contribution is 6.05. The Hall–Kier alpha value is -2.57. The van der Waals surface area contributed by atoms with E-state index in [1.807, 2.05) is 12.1 Å². The van der Waals surface area contributed by atoms with E-state index in [0.29, 0.717) is 18.7 Å². The van der Waals surface area contributed by atoms with E-state index in [-0.39, 0.29) is 24.9 Å². The van der Waals surface area contributed by atoms with Crippen molar-refractivity contribution < 1.29 is 24.2 Å². The SMILES string of the molecule is COc1ccc(CN2C(=O)[C@H]3CN(C(=O)O)CC[C@H]3C2=O)cc1. The number of ether oxygens (including phenoxy) is 1. The van der Waals surface area contributed by atoms with Crippen LogP contribution in [0.2, 0.25) is 0 Å². The maximum absolute atomic E-state index is 12.5. The van der Waals surface area contributed by atoms with Crippen molar-refractivity contribution in [1.82, 2.24) is 9.80 Å². The van der Waals surface area contributed by atoms with Crippen molar-refractivity contribution in [1.29, 1.82) is 0 Å². The van der Waals surface area contributed by atoms with Crippen LogP contribution >= 0.6 is 0 Å². The number of piperidine rings is 1. The Bertz CT molecular complexity index is 642. The van der Waals surface area contributed by atoms with E-state index in [0.717, 1.165) is 5.56 Å².